The standard InChI is InChI=1S/C32H18N8O12S4/c33-29(47)37-21(41)15(22(42)38(37)30(34)48)27-53-17-13(25(45)51-11-7-3-1-4-8-11)18-20(14(19(17)55-27)26(46)52-12-9-5-2-6-10-12)56-28(54-18)16-23(43)39(31(35)49)40(24(16)44)32(36)50/h1-10H,(H2,33,47)(H2,34,48)(H2,35,49)(H2,36,50). The Hall–Kier alpha value is -6.76. The summed E-state index contributed by atoms with van der Waals surface area (Å²) in [6.45, 7) is 0. The van der Waals surface area contributed by atoms with Gasteiger partial charge in [0.05, 0.1) is 19.6 Å². The second-order valence-corrected chi connectivity index (χ2v) is 15.6. The third-order valence-corrected chi connectivity index (χ3v) is 12.9. The molecule has 0 unspecified atom stereocenters. The first-order chi connectivity index (χ1) is 26.6. The average Bonchev–Trinajstić information content (AvgIpc) is 3.88. The molecule has 8 N–H and O–H groups in total. The third-order valence-electron chi connectivity index (χ3n) is 7.68. The number of carbonyl (C=O) groups excluding carboxylic acids is 10. The molecule has 282 valence electrons. The van der Waals surface area contributed by atoms with Crippen LogP contribution >= 0.6 is 47.0 Å². The van der Waals surface area contributed by atoms with Gasteiger partial charge in [0.25, 0.3) is 23.6 Å². The van der Waals surface area contributed by atoms with E-state index in [0.29, 0.717) is 47.0 Å². The van der Waals surface area contributed by atoms with Crippen LogP contribution in [-0.2, 0) is 19.2 Å². The molecule has 7 rings (SSSR count). The number of amides is 12. The van der Waals surface area contributed by atoms with Crippen LogP contribution in [0.5, 0.6) is 11.5 Å². The molecule has 3 aromatic rings. The molecule has 0 aliphatic carbocycles. The number of benzene rings is 3. The van der Waals surface area contributed by atoms with Crippen molar-refractivity contribution in [2.75, 3.05) is 0 Å². The van der Waals surface area contributed by atoms with Gasteiger partial charge in [-0.2, -0.15) is 20.0 Å². The average molecular weight is 835 g/mol. The Kier molecular flexibility index (Phi) is 9.48. The number of primary amides is 4. The minimum Gasteiger partial charge on any atom is -0.423 e. The molecule has 20 nitrogen and oxygen atoms in total. The lowest BCUT2D eigenvalue weighted by atomic mass is 10.1. The number of nitrogens with zero attached hydrogens (tertiary/aromatic N) is 4. The molecule has 56 heavy (non-hydrogen) atoms. The number of hydrazine groups is 2. The number of ether oxygens (including phenoxy) is 2. The molecular formula is C32H18N8O12S4. The zero-order valence-electron chi connectivity index (χ0n) is 27.4. The van der Waals surface area contributed by atoms with Crippen LogP contribution in [0, 0.1) is 0 Å². The summed E-state index contributed by atoms with van der Waals surface area (Å²) < 4.78 is 10.9. The van der Waals surface area contributed by atoms with E-state index in [-0.39, 0.29) is 70.7 Å². The minimum absolute atomic E-state index is 0.0246. The second kappa shape index (κ2) is 14.1. The third kappa shape index (κ3) is 6.05. The molecule has 0 saturated carbocycles. The summed E-state index contributed by atoms with van der Waals surface area (Å²) in [4.78, 5) is 131. The van der Waals surface area contributed by atoms with Crippen LogP contribution in [0.25, 0.3) is 0 Å². The molecule has 3 aromatic carbocycles. The smallest absolute Gasteiger partial charge is 0.345 e. The van der Waals surface area contributed by atoms with E-state index in [1.807, 2.05) is 0 Å². The quantitative estimate of drug-likeness (QED) is 0.127. The fourth-order valence-electron chi connectivity index (χ4n) is 5.44. The van der Waals surface area contributed by atoms with Gasteiger partial charge >= 0.3 is 36.1 Å². The number of esters is 2. The highest BCUT2D eigenvalue weighted by Gasteiger charge is 2.53. The number of imide groups is 4. The number of urea groups is 4. The molecule has 12 amide bonds. The van der Waals surface area contributed by atoms with E-state index in [9.17, 15) is 47.9 Å². The van der Waals surface area contributed by atoms with E-state index in [1.54, 1.807) is 36.4 Å². The summed E-state index contributed by atoms with van der Waals surface area (Å²) in [7, 11) is 0. The Balaban J connectivity index is 1.47. The Morgan fingerprint density at radius 2 is 0.679 bits per heavy atom. The molecule has 0 bridgehead atoms. The van der Waals surface area contributed by atoms with E-state index in [4.69, 9.17) is 32.4 Å². The highest BCUT2D eigenvalue weighted by molar-refractivity contribution is 8.26. The number of nitrogens with two attached hydrogens (primary N) is 4. The van der Waals surface area contributed by atoms with Crippen molar-refractivity contribution in [3.05, 3.63) is 91.4 Å². The van der Waals surface area contributed by atoms with Gasteiger partial charge in [-0.15, -0.1) is 0 Å². The van der Waals surface area contributed by atoms with E-state index >= 15 is 0 Å². The van der Waals surface area contributed by atoms with Crippen LogP contribution in [-0.4, -0.2) is 79.7 Å². The first kappa shape index (κ1) is 37.6. The van der Waals surface area contributed by atoms with Gasteiger partial charge in [-0.05, 0) is 24.3 Å². The zero-order chi connectivity index (χ0) is 40.3. The fraction of sp³-hybridized carbons (Fsp3) is 0. The minimum atomic E-state index is -1.52. The highest BCUT2D eigenvalue weighted by atomic mass is 32.2. The molecular weight excluding hydrogens is 817 g/mol. The maximum atomic E-state index is 14.2. The maximum Gasteiger partial charge on any atom is 0.345 e. The van der Waals surface area contributed by atoms with Crippen molar-refractivity contribution in [3.8, 4) is 11.5 Å². The Labute approximate surface area is 328 Å². The molecule has 0 atom stereocenters. The predicted molar refractivity (Wildman–Crippen MR) is 192 cm³/mol. The first-order valence-corrected chi connectivity index (χ1v) is 18.4. The fourth-order valence-corrected chi connectivity index (χ4v) is 11.2. The molecule has 4 aliphatic heterocycles. The summed E-state index contributed by atoms with van der Waals surface area (Å²) in [5.41, 5.74) is 19.0. The van der Waals surface area contributed by atoms with Gasteiger partial charge in [0.2, 0.25) is 0 Å². The van der Waals surface area contributed by atoms with Crippen molar-refractivity contribution >= 4 is 107 Å². The lowest BCUT2D eigenvalue weighted by Gasteiger charge is -2.18. The zero-order valence-corrected chi connectivity index (χ0v) is 30.7. The van der Waals surface area contributed by atoms with Crippen LogP contribution in [0.15, 0.2) is 99.9 Å². The van der Waals surface area contributed by atoms with Gasteiger partial charge in [-0.3, -0.25) is 19.2 Å². The molecule has 0 radical (unpaired) electrons. The lowest BCUT2D eigenvalue weighted by molar-refractivity contribution is -0.135. The van der Waals surface area contributed by atoms with Gasteiger partial charge in [0.15, 0.2) is 0 Å². The van der Waals surface area contributed by atoms with Gasteiger partial charge in [0, 0.05) is 19.6 Å². The second-order valence-electron chi connectivity index (χ2n) is 11.0. The van der Waals surface area contributed by atoms with Crippen molar-refractivity contribution in [1.82, 2.24) is 20.0 Å². The number of thioether (sulfide) groups is 4. The van der Waals surface area contributed by atoms with Crippen molar-refractivity contribution < 1.29 is 57.4 Å². The van der Waals surface area contributed by atoms with Crippen LogP contribution in [0.3, 0.4) is 0 Å². The summed E-state index contributed by atoms with van der Waals surface area (Å²) in [6, 6.07) is 9.31. The lowest BCUT2D eigenvalue weighted by Crippen LogP contribution is -2.52. The number of rotatable bonds is 4. The van der Waals surface area contributed by atoms with Crippen LogP contribution in [0.2, 0.25) is 0 Å². The van der Waals surface area contributed by atoms with Crippen LogP contribution in [0.4, 0.5) is 19.2 Å². The molecule has 2 fully saturated rings. The number of fused-ring (bicyclic) bond motifs is 2. The van der Waals surface area contributed by atoms with Gasteiger partial charge < -0.3 is 32.4 Å². The number of para-hydroxylation sites is 2. The van der Waals surface area contributed by atoms with Crippen molar-refractivity contribution in [3.63, 3.8) is 0 Å². The number of carbonyl (C=O) groups is 10. The number of hydrogen-bond acceptors (Lipinski definition) is 16. The monoisotopic (exact) mass is 834 g/mol. The Morgan fingerprint density at radius 3 is 0.911 bits per heavy atom. The van der Waals surface area contributed by atoms with E-state index in [1.165, 1.54) is 24.3 Å². The predicted octanol–water partition coefficient (Wildman–Crippen LogP) is 2.43. The van der Waals surface area contributed by atoms with Gasteiger partial charge in [-0.1, -0.05) is 83.4 Å². The summed E-state index contributed by atoms with van der Waals surface area (Å²) in [5.74, 6) is -7.38. The first-order valence-electron chi connectivity index (χ1n) is 15.2. The van der Waals surface area contributed by atoms with E-state index < -0.39 is 70.8 Å². The van der Waals surface area contributed by atoms with Crippen LogP contribution < -0.4 is 32.4 Å². The van der Waals surface area contributed by atoms with E-state index in [2.05, 4.69) is 0 Å². The van der Waals surface area contributed by atoms with Crippen molar-refractivity contribution in [2.24, 2.45) is 22.9 Å². The Bertz CT molecular complexity index is 2220. The van der Waals surface area contributed by atoms with Crippen molar-refractivity contribution in [2.45, 2.75) is 19.6 Å². The van der Waals surface area contributed by atoms with E-state index in [0.717, 1.165) is 0 Å². The normalized spacial score (nSPS) is 16.1. The molecule has 0 aromatic heterocycles. The molecule has 4 aliphatic rings. The SMILES string of the molecule is NC(=O)N1C(=O)C(=C2Sc3c(c(C(=O)Oc4ccccc4)c4c(c3C(=O)Oc3ccccc3)SC(=C3C(=O)N(C(N)=O)N(C(N)=O)C3=O)S4)S2)C(=O)N1C(N)=O. The summed E-state index contributed by atoms with van der Waals surface area (Å²) in [6.07, 6.45) is 0. The highest BCUT2D eigenvalue weighted by Crippen LogP contribution is 2.64. The summed E-state index contributed by atoms with van der Waals surface area (Å²) in [5, 5.41) is 0.0983. The maximum absolute atomic E-state index is 14.2. The van der Waals surface area contributed by atoms with Gasteiger partial charge in [-0.25, -0.2) is 28.8 Å². The Morgan fingerprint density at radius 1 is 0.429 bits per heavy atom. The summed E-state index contributed by atoms with van der Waals surface area (Å²) >= 11 is 2.42. The molecule has 4 heterocycles. The molecule has 24 heteroatoms. The largest absolute Gasteiger partial charge is 0.423 e. The van der Waals surface area contributed by atoms with Crippen molar-refractivity contribution in [1.29, 1.82) is 0 Å². The molecule has 0 spiro atoms. The van der Waals surface area contributed by atoms with Gasteiger partial charge in [0.1, 0.15) is 22.6 Å². The van der Waals surface area contributed by atoms with Crippen LogP contribution in [0.1, 0.15) is 20.7 Å². The molecule has 2 saturated heterocycles. The topological polar surface area (TPSA) is 306 Å². The number of hydrogen-bond donors (Lipinski definition) is 4.